The van der Waals surface area contributed by atoms with Crippen LogP contribution in [-0.2, 0) is 6.54 Å². The Bertz CT molecular complexity index is 390. The predicted molar refractivity (Wildman–Crippen MR) is 47.8 cm³/mol. The second-order valence-electron chi connectivity index (χ2n) is 2.93. The minimum Gasteiger partial charge on any atom is -0.390 e. The second-order valence-corrected chi connectivity index (χ2v) is 3.92. The summed E-state index contributed by atoms with van der Waals surface area (Å²) in [7, 11) is 0. The Morgan fingerprint density at radius 1 is 1.69 bits per heavy atom. The van der Waals surface area contributed by atoms with Gasteiger partial charge in [-0.2, -0.15) is 10.1 Å². The quantitative estimate of drug-likeness (QED) is 0.605. The number of thioether (sulfide) groups is 1. The van der Waals surface area contributed by atoms with E-state index in [0.717, 1.165) is 0 Å². The van der Waals surface area contributed by atoms with Crippen molar-refractivity contribution in [2.45, 2.75) is 24.7 Å². The summed E-state index contributed by atoms with van der Waals surface area (Å²) in [5.74, 6) is 0.581. The van der Waals surface area contributed by atoms with E-state index in [-0.39, 0.29) is 5.56 Å². The van der Waals surface area contributed by atoms with Crippen LogP contribution in [0.15, 0.2) is 9.95 Å². The molecule has 1 aromatic heterocycles. The van der Waals surface area contributed by atoms with Gasteiger partial charge >= 0.3 is 0 Å². The van der Waals surface area contributed by atoms with Gasteiger partial charge in [-0.25, -0.2) is 4.68 Å². The van der Waals surface area contributed by atoms with Gasteiger partial charge in [-0.3, -0.25) is 4.79 Å². The maximum atomic E-state index is 11.1. The topological polar surface area (TPSA) is 68.0 Å². The van der Waals surface area contributed by atoms with Crippen molar-refractivity contribution in [2.75, 3.05) is 5.75 Å². The van der Waals surface area contributed by atoms with E-state index < -0.39 is 6.10 Å². The van der Waals surface area contributed by atoms with Crippen LogP contribution in [0, 0.1) is 6.92 Å². The Labute approximate surface area is 78.8 Å². The number of fused-ring (bicyclic) bond motifs is 1. The Morgan fingerprint density at radius 2 is 2.46 bits per heavy atom. The van der Waals surface area contributed by atoms with Gasteiger partial charge in [-0.15, -0.1) is 0 Å². The molecule has 70 valence electrons. The number of rotatable bonds is 0. The fraction of sp³-hybridized carbons (Fsp3) is 0.571. The molecule has 2 heterocycles. The van der Waals surface area contributed by atoms with Gasteiger partial charge in [0, 0.05) is 5.75 Å². The molecule has 1 atom stereocenters. The highest BCUT2D eigenvalue weighted by Crippen LogP contribution is 2.20. The number of aryl methyl sites for hydroxylation is 1. The fourth-order valence-electron chi connectivity index (χ4n) is 1.14. The highest BCUT2D eigenvalue weighted by molar-refractivity contribution is 7.99. The third kappa shape index (κ3) is 1.59. The number of hydrogen-bond acceptors (Lipinski definition) is 5. The molecule has 1 N–H and O–H groups in total. The first-order valence-electron chi connectivity index (χ1n) is 3.93. The molecule has 0 saturated heterocycles. The van der Waals surface area contributed by atoms with Crippen molar-refractivity contribution in [1.29, 1.82) is 0 Å². The lowest BCUT2D eigenvalue weighted by molar-refractivity contribution is 0.160. The number of nitrogens with zero attached hydrogens (tertiary/aromatic N) is 3. The monoisotopic (exact) mass is 199 g/mol. The molecule has 2 rings (SSSR count). The molecule has 13 heavy (non-hydrogen) atoms. The lowest BCUT2D eigenvalue weighted by Crippen LogP contribution is -2.30. The molecule has 1 aliphatic heterocycles. The molecule has 0 amide bonds. The predicted octanol–water partition coefficient (Wildman–Crippen LogP) is -0.587. The van der Waals surface area contributed by atoms with Gasteiger partial charge in [0.1, 0.15) is 5.69 Å². The average molecular weight is 199 g/mol. The van der Waals surface area contributed by atoms with Crippen molar-refractivity contribution < 1.29 is 5.11 Å². The smallest absolute Gasteiger partial charge is 0.295 e. The van der Waals surface area contributed by atoms with E-state index in [1.54, 1.807) is 11.6 Å². The van der Waals surface area contributed by atoms with Crippen molar-refractivity contribution >= 4 is 11.8 Å². The van der Waals surface area contributed by atoms with Crippen molar-refractivity contribution in [3.8, 4) is 0 Å². The number of aromatic nitrogens is 3. The van der Waals surface area contributed by atoms with Gasteiger partial charge in [0.2, 0.25) is 0 Å². The van der Waals surface area contributed by atoms with Gasteiger partial charge in [0.15, 0.2) is 5.16 Å². The molecule has 1 aromatic rings. The fourth-order valence-corrected chi connectivity index (χ4v) is 2.00. The van der Waals surface area contributed by atoms with Crippen molar-refractivity contribution in [2.24, 2.45) is 0 Å². The van der Waals surface area contributed by atoms with E-state index in [1.165, 1.54) is 11.8 Å². The molecule has 0 fully saturated rings. The molecule has 0 aromatic carbocycles. The van der Waals surface area contributed by atoms with Gasteiger partial charge in [0.25, 0.3) is 5.56 Å². The minimum absolute atomic E-state index is 0.282. The molecule has 0 aliphatic carbocycles. The minimum atomic E-state index is -0.395. The van der Waals surface area contributed by atoms with Crippen molar-refractivity contribution in [1.82, 2.24) is 14.8 Å². The van der Waals surface area contributed by atoms with Gasteiger partial charge in [-0.1, -0.05) is 11.8 Å². The summed E-state index contributed by atoms with van der Waals surface area (Å²) in [6.07, 6.45) is -0.395. The van der Waals surface area contributed by atoms with Crippen LogP contribution in [0.25, 0.3) is 0 Å². The third-order valence-electron chi connectivity index (χ3n) is 1.79. The van der Waals surface area contributed by atoms with Crippen LogP contribution in [0.2, 0.25) is 0 Å². The SMILES string of the molecule is Cc1nn2c(nc1=O)SCC(O)C2. The van der Waals surface area contributed by atoms with Crippen LogP contribution in [0.1, 0.15) is 5.69 Å². The lowest BCUT2D eigenvalue weighted by atomic mass is 10.4. The second kappa shape index (κ2) is 3.12. The Kier molecular flexibility index (Phi) is 2.09. The van der Waals surface area contributed by atoms with E-state index in [2.05, 4.69) is 10.1 Å². The summed E-state index contributed by atoms with van der Waals surface area (Å²) in [6.45, 7) is 2.05. The van der Waals surface area contributed by atoms with E-state index in [4.69, 9.17) is 0 Å². The summed E-state index contributed by atoms with van der Waals surface area (Å²) >= 11 is 1.36. The molecular weight excluding hydrogens is 190 g/mol. The third-order valence-corrected chi connectivity index (χ3v) is 2.90. The van der Waals surface area contributed by atoms with Crippen LogP contribution in [0.3, 0.4) is 0 Å². The van der Waals surface area contributed by atoms with Gasteiger partial charge in [-0.05, 0) is 6.92 Å². The van der Waals surface area contributed by atoms with Crippen LogP contribution in [0.5, 0.6) is 0 Å². The molecule has 0 spiro atoms. The van der Waals surface area contributed by atoms with E-state index in [9.17, 15) is 9.90 Å². The van der Waals surface area contributed by atoms with Crippen LogP contribution < -0.4 is 5.56 Å². The van der Waals surface area contributed by atoms with E-state index in [0.29, 0.717) is 23.1 Å². The molecule has 1 aliphatic rings. The van der Waals surface area contributed by atoms with Crippen molar-refractivity contribution in [3.63, 3.8) is 0 Å². The number of aliphatic hydroxyl groups excluding tert-OH is 1. The largest absolute Gasteiger partial charge is 0.390 e. The molecule has 6 heteroatoms. The van der Waals surface area contributed by atoms with Crippen LogP contribution in [0.4, 0.5) is 0 Å². The van der Waals surface area contributed by atoms with Crippen LogP contribution in [-0.4, -0.2) is 31.7 Å². The average Bonchev–Trinajstić information content (AvgIpc) is 2.08. The zero-order valence-electron chi connectivity index (χ0n) is 7.10. The summed E-state index contributed by atoms with van der Waals surface area (Å²) in [4.78, 5) is 15.0. The lowest BCUT2D eigenvalue weighted by Gasteiger charge is -2.19. The van der Waals surface area contributed by atoms with E-state index in [1.807, 2.05) is 0 Å². The molecule has 0 radical (unpaired) electrons. The molecule has 5 nitrogen and oxygen atoms in total. The van der Waals surface area contributed by atoms with Gasteiger partial charge in [0.05, 0.1) is 12.6 Å². The zero-order valence-corrected chi connectivity index (χ0v) is 7.91. The Balaban J connectivity index is 2.49. The molecule has 0 saturated carbocycles. The summed E-state index contributed by atoms with van der Waals surface area (Å²) in [5.41, 5.74) is 0.0913. The zero-order chi connectivity index (χ0) is 9.42. The van der Waals surface area contributed by atoms with Crippen molar-refractivity contribution in [3.05, 3.63) is 16.0 Å². The molecule has 0 bridgehead atoms. The first-order valence-corrected chi connectivity index (χ1v) is 4.92. The van der Waals surface area contributed by atoms with Crippen LogP contribution >= 0.6 is 11.8 Å². The highest BCUT2D eigenvalue weighted by atomic mass is 32.2. The normalized spacial score (nSPS) is 21.2. The molecule has 1 unspecified atom stereocenters. The summed E-state index contributed by atoms with van der Waals surface area (Å²) in [6, 6.07) is 0. The first kappa shape index (κ1) is 8.71. The summed E-state index contributed by atoms with van der Waals surface area (Å²) in [5, 5.41) is 14.0. The first-order chi connectivity index (χ1) is 6.16. The standard InChI is InChI=1S/C7H9N3O2S/c1-4-6(12)8-7-10(9-4)2-5(11)3-13-7/h5,11H,2-3H2,1H3. The maximum Gasteiger partial charge on any atom is 0.295 e. The Morgan fingerprint density at radius 3 is 3.23 bits per heavy atom. The highest BCUT2D eigenvalue weighted by Gasteiger charge is 2.18. The summed E-state index contributed by atoms with van der Waals surface area (Å²) < 4.78 is 1.58. The number of hydrogen-bond donors (Lipinski definition) is 1. The molecular formula is C7H9N3O2S. The van der Waals surface area contributed by atoms with E-state index >= 15 is 0 Å². The van der Waals surface area contributed by atoms with Gasteiger partial charge < -0.3 is 5.11 Å². The maximum absolute atomic E-state index is 11.1. The number of aliphatic hydroxyl groups is 1. The Hall–Kier alpha value is -0.880.